The lowest BCUT2D eigenvalue weighted by molar-refractivity contribution is 0.586. The first-order valence-corrected chi connectivity index (χ1v) is 25.4. The van der Waals surface area contributed by atoms with Crippen LogP contribution in [0.4, 0.5) is 94.1 Å². The third kappa shape index (κ3) is 7.55. The van der Waals surface area contributed by atoms with Crippen LogP contribution in [0.15, 0.2) is 294 Å². The van der Waals surface area contributed by atoms with Gasteiger partial charge in [-0.3, -0.25) is 0 Å². The number of hydrogen-bond acceptors (Lipinski definition) is 6. The van der Waals surface area contributed by atoms with Crippen LogP contribution in [0.25, 0.3) is 0 Å². The molecule has 12 aromatic rings. The monoisotopic (exact) mass is 1110 g/mol. The zero-order valence-corrected chi connectivity index (χ0v) is 42.1. The van der Waals surface area contributed by atoms with E-state index in [2.05, 4.69) is 0 Å². The van der Waals surface area contributed by atoms with Gasteiger partial charge in [0.2, 0.25) is 6.71 Å². The van der Waals surface area contributed by atoms with Crippen LogP contribution >= 0.6 is 11.8 Å². The highest BCUT2D eigenvalue weighted by Gasteiger charge is 2.48. The number of halogens is 2. The zero-order valence-electron chi connectivity index (χ0n) is 79.3. The van der Waals surface area contributed by atoms with Gasteiger partial charge >= 0.3 is 0 Å². The van der Waals surface area contributed by atoms with Crippen LogP contribution in [0.5, 0.6) is 0 Å². The maximum absolute atomic E-state index is 18.2. The summed E-state index contributed by atoms with van der Waals surface area (Å²) < 4.78 is 390. The summed E-state index contributed by atoms with van der Waals surface area (Å²) >= 11 is 0.646. The summed E-state index contributed by atoms with van der Waals surface area (Å²) in [6.07, 6.45) is 0. The molecule has 5 nitrogen and oxygen atoms in total. The largest absolute Gasteiger partial charge is 0.311 e. The lowest BCUT2D eigenvalue weighted by Gasteiger charge is -2.46. The van der Waals surface area contributed by atoms with Gasteiger partial charge in [0, 0.05) is 83.7 Å². The smallest absolute Gasteiger partial charge is 0.252 e. The van der Waals surface area contributed by atoms with Crippen molar-refractivity contribution in [1.82, 2.24) is 0 Å². The fraction of sp³-hybridized carbons (Fsp3) is 0. The van der Waals surface area contributed by atoms with Crippen molar-refractivity contribution in [3.63, 3.8) is 0 Å². The predicted molar refractivity (Wildman–Crippen MR) is 340 cm³/mol. The molecular weight excluding hydrogens is 1030 g/mol. The van der Waals surface area contributed by atoms with E-state index in [0.29, 0.717) is 21.6 Å². The number of fused-ring (bicyclic) bond motifs is 8. The van der Waals surface area contributed by atoms with E-state index in [4.69, 9.17) is 24.7 Å². The van der Waals surface area contributed by atoms with E-state index >= 15 is 8.78 Å². The van der Waals surface area contributed by atoms with E-state index in [9.17, 15) is 27.4 Å². The molecule has 0 aromatic heterocycles. The number of hydrogen-bond donors (Lipinski definition) is 0. The number of rotatable bonds is 9. The number of benzene rings is 12. The third-order valence-electron chi connectivity index (χ3n) is 14.1. The molecule has 4 heterocycles. The third-order valence-corrected chi connectivity index (χ3v) is 15.3. The van der Waals surface area contributed by atoms with Gasteiger partial charge in [0.05, 0.1) is 57.8 Å². The molecule has 0 radical (unpaired) electrons. The molecular formula is C72H47B2F2N5S. The van der Waals surface area contributed by atoms with Crippen molar-refractivity contribution >= 4 is 143 Å². The quantitative estimate of drug-likeness (QED) is 0.133. The van der Waals surface area contributed by atoms with Crippen LogP contribution < -0.4 is 57.3 Å². The standard InChI is InChI=1S/C72H47B2F2N5S/c75-60-38-23-39-61(76)72(60)81-64-47-68-59(74-57-37-20-22-41-63(57)80(53-34-17-6-18-35-53)67-44-55(45-69(82-68)71(67)74)78(50-28-11-3-12-29-50)51-30-13-4-14-31-51)46-58(64)73-56-36-19-21-40-62(56)79(52-32-15-5-16-33-52)65-42-54(43-66(81)70(65)73)77(48-24-7-1-8-25-48)49-26-9-2-10-27-49/h1-47H/i1D,2D,3D,4D,5D,6D,7D,8D,9D,10D,11D,12D,13D,14D,15D,16D,17D,18D,19D,20D,21D,22D,24D,25D,26D,27D,28D,29D,30D,31D,32D,33D,34D,35D,36D,37D,40D,41D. The molecule has 0 atom stereocenters. The van der Waals surface area contributed by atoms with E-state index in [1.807, 2.05) is 0 Å². The SMILES string of the molecule is [2H]c1c([2H])c([2H])c(N(c2cc3c4c(c2)N(c2c([2H])c([2H])c([2H])c([2H])c2[2H])c2c([2H])c([2H])c([2H])c([2H])c2B4c2cc4c(cc2S3)N(c2c(F)cccc2F)c2cc(N(c3c([2H])c([2H])c([2H])c([2H])c3[2H])c3c([2H])c([2H])c([2H])c([2H])c3[2H])cc3c2B4c2c([2H])c([2H])c([2H])c([2H])c2N3c2c([2H])c([2H])c([2H])c([2H])c2[2H])c2c([2H])c([2H])c([2H])c([2H])c2[2H])c([2H])c1[2H]. The molecule has 0 spiro atoms. The number of anilines is 15. The molecule has 4 aliphatic heterocycles. The van der Waals surface area contributed by atoms with Gasteiger partial charge in [0.1, 0.15) is 17.3 Å². The Hall–Kier alpha value is -10.0. The van der Waals surface area contributed by atoms with E-state index in [-0.39, 0.29) is 26.2 Å². The van der Waals surface area contributed by atoms with Crippen molar-refractivity contribution in [2.75, 3.05) is 24.5 Å². The van der Waals surface area contributed by atoms with Gasteiger partial charge < -0.3 is 24.5 Å². The first kappa shape index (κ1) is 23.2. The highest BCUT2D eigenvalue weighted by Crippen LogP contribution is 2.51. The average Bonchev–Trinajstić information content (AvgIpc) is 0.680. The molecule has 4 aliphatic rings. The Labute approximate surface area is 533 Å². The maximum Gasteiger partial charge on any atom is 0.252 e. The van der Waals surface area contributed by atoms with Gasteiger partial charge in [-0.05, 0) is 154 Å². The van der Waals surface area contributed by atoms with Crippen molar-refractivity contribution in [3.05, 3.63) is 296 Å². The lowest BCUT2D eigenvalue weighted by atomic mass is 9.31. The molecule has 0 saturated carbocycles. The van der Waals surface area contributed by atoms with Crippen LogP contribution in [-0.2, 0) is 0 Å². The van der Waals surface area contributed by atoms with E-state index < -0.39 is 356 Å². The lowest BCUT2D eigenvalue weighted by Crippen LogP contribution is -2.64. The minimum atomic E-state index is -1.95. The van der Waals surface area contributed by atoms with Crippen molar-refractivity contribution in [3.8, 4) is 0 Å². The fourth-order valence-corrected chi connectivity index (χ4v) is 12.3. The number of para-hydroxylation sites is 9. The van der Waals surface area contributed by atoms with Crippen molar-refractivity contribution < 1.29 is 60.9 Å². The molecule has 0 N–H and O–H groups in total. The molecule has 0 saturated heterocycles. The topological polar surface area (TPSA) is 16.2 Å². The van der Waals surface area contributed by atoms with Crippen LogP contribution in [0, 0.1) is 11.6 Å². The van der Waals surface area contributed by atoms with Crippen molar-refractivity contribution in [1.29, 1.82) is 0 Å². The Morgan fingerprint density at radius 3 is 1.20 bits per heavy atom. The minimum absolute atomic E-state index is 0.125. The molecule has 0 unspecified atom stereocenters. The second-order valence-corrected chi connectivity index (χ2v) is 19.4. The maximum atomic E-state index is 18.2. The molecule has 0 bridgehead atoms. The highest BCUT2D eigenvalue weighted by atomic mass is 32.2. The van der Waals surface area contributed by atoms with Crippen LogP contribution in [0.1, 0.15) is 52.1 Å². The van der Waals surface area contributed by atoms with Gasteiger partial charge in [0.25, 0.3) is 6.71 Å². The summed E-state index contributed by atoms with van der Waals surface area (Å²) in [5.74, 6) is -2.88. The Morgan fingerprint density at radius 2 is 0.720 bits per heavy atom. The summed E-state index contributed by atoms with van der Waals surface area (Å²) in [5, 5.41) is 0. The van der Waals surface area contributed by atoms with Crippen LogP contribution in [-0.4, -0.2) is 13.4 Å². The van der Waals surface area contributed by atoms with E-state index in [0.717, 1.165) is 51.1 Å². The molecule has 16 rings (SSSR count). The van der Waals surface area contributed by atoms with Gasteiger partial charge in [-0.15, -0.1) is 0 Å². The Bertz CT molecular complexity index is 6490. The molecule has 10 heteroatoms. The van der Waals surface area contributed by atoms with Crippen molar-refractivity contribution in [2.24, 2.45) is 0 Å². The van der Waals surface area contributed by atoms with Gasteiger partial charge in [-0.25, -0.2) is 8.78 Å². The summed E-state index contributed by atoms with van der Waals surface area (Å²) in [6.45, 7) is -3.76. The Kier molecular flexibility index (Phi) is 5.48. The summed E-state index contributed by atoms with van der Waals surface area (Å²) in [6, 6.07) is -30.3. The Morgan fingerprint density at radius 1 is 0.329 bits per heavy atom. The minimum Gasteiger partial charge on any atom is -0.311 e. The van der Waals surface area contributed by atoms with Gasteiger partial charge in [-0.2, -0.15) is 0 Å². The average molecular weight is 1110 g/mol. The highest BCUT2D eigenvalue weighted by molar-refractivity contribution is 8.00. The number of nitrogens with zero attached hydrogens (tertiary/aromatic N) is 5. The second kappa shape index (κ2) is 19.4. The Balaban J connectivity index is 1.13. The first-order chi connectivity index (χ1) is 56.3. The van der Waals surface area contributed by atoms with Gasteiger partial charge in [0.15, 0.2) is 0 Å². The van der Waals surface area contributed by atoms with Crippen molar-refractivity contribution in [2.45, 2.75) is 9.79 Å². The molecule has 0 amide bonds. The van der Waals surface area contributed by atoms with Crippen LogP contribution in [0.3, 0.4) is 0 Å². The molecule has 12 aromatic carbocycles. The molecule has 0 aliphatic carbocycles. The van der Waals surface area contributed by atoms with Gasteiger partial charge in [-0.1, -0.05) is 174 Å². The first-order valence-electron chi connectivity index (χ1n) is 43.6. The normalized spacial score (nSPS) is 19.6. The molecule has 82 heavy (non-hydrogen) atoms. The summed E-state index contributed by atoms with van der Waals surface area (Å²) in [4.78, 5) is 3.47. The summed E-state index contributed by atoms with van der Waals surface area (Å²) in [7, 11) is 0. The molecule has 0 fully saturated rings. The zero-order chi connectivity index (χ0) is 87.5. The van der Waals surface area contributed by atoms with Crippen LogP contribution in [0.2, 0.25) is 0 Å². The summed E-state index contributed by atoms with van der Waals surface area (Å²) in [5.41, 5.74) is -13.6. The molecule has 386 valence electrons. The predicted octanol–water partition coefficient (Wildman–Crippen LogP) is 15.8. The fourth-order valence-electron chi connectivity index (χ4n) is 11.1. The van der Waals surface area contributed by atoms with E-state index in [1.54, 1.807) is 0 Å². The van der Waals surface area contributed by atoms with E-state index in [1.165, 1.54) is 18.2 Å². The second-order valence-electron chi connectivity index (χ2n) is 18.3.